The van der Waals surface area contributed by atoms with Crippen molar-refractivity contribution in [2.45, 2.75) is 12.6 Å². The highest BCUT2D eigenvalue weighted by molar-refractivity contribution is 7.09. The Morgan fingerprint density at radius 1 is 1.35 bits per heavy atom. The maximum atomic E-state index is 12.2. The van der Waals surface area contributed by atoms with Gasteiger partial charge < -0.3 is 15.1 Å². The van der Waals surface area contributed by atoms with Crippen LogP contribution in [0.2, 0.25) is 0 Å². The largest absolute Gasteiger partial charge is 0.406 e. The Morgan fingerprint density at radius 2 is 2.04 bits per heavy atom. The van der Waals surface area contributed by atoms with E-state index in [1.165, 1.54) is 4.88 Å². The van der Waals surface area contributed by atoms with Gasteiger partial charge in [0.1, 0.15) is 6.54 Å². The number of guanidine groups is 1. The second-order valence-electron chi connectivity index (χ2n) is 5.02. The van der Waals surface area contributed by atoms with E-state index in [-0.39, 0.29) is 6.54 Å². The number of rotatable bonds is 6. The van der Waals surface area contributed by atoms with Crippen LogP contribution in [0.1, 0.15) is 4.88 Å². The molecule has 0 aliphatic carbocycles. The van der Waals surface area contributed by atoms with Crippen molar-refractivity contribution in [2.24, 2.45) is 4.99 Å². The number of hydrogen-bond acceptors (Lipinski definition) is 3. The van der Waals surface area contributed by atoms with Crippen molar-refractivity contribution in [3.8, 4) is 0 Å². The monoisotopic (exact) mass is 350 g/mol. The van der Waals surface area contributed by atoms with Gasteiger partial charge in [0, 0.05) is 32.6 Å². The van der Waals surface area contributed by atoms with Crippen LogP contribution in [-0.2, 0) is 11.2 Å². The summed E-state index contributed by atoms with van der Waals surface area (Å²) in [6.07, 6.45) is -3.57. The smallest absolute Gasteiger partial charge is 0.347 e. The van der Waals surface area contributed by atoms with E-state index in [9.17, 15) is 18.0 Å². The second-order valence-corrected chi connectivity index (χ2v) is 6.05. The van der Waals surface area contributed by atoms with E-state index in [1.807, 2.05) is 29.5 Å². The zero-order chi connectivity index (χ0) is 17.5. The van der Waals surface area contributed by atoms with Gasteiger partial charge in [0.15, 0.2) is 5.96 Å². The Balaban J connectivity index is 2.42. The van der Waals surface area contributed by atoms with Crippen molar-refractivity contribution in [3.63, 3.8) is 0 Å². The zero-order valence-electron chi connectivity index (χ0n) is 13.4. The third kappa shape index (κ3) is 7.36. The summed E-state index contributed by atoms with van der Waals surface area (Å²) < 4.78 is 36.7. The zero-order valence-corrected chi connectivity index (χ0v) is 14.2. The average Bonchev–Trinajstić information content (AvgIpc) is 2.96. The fourth-order valence-electron chi connectivity index (χ4n) is 1.87. The van der Waals surface area contributed by atoms with Crippen LogP contribution in [0.3, 0.4) is 0 Å². The Labute approximate surface area is 137 Å². The molecule has 0 radical (unpaired) electrons. The van der Waals surface area contributed by atoms with Crippen LogP contribution in [0.5, 0.6) is 0 Å². The van der Waals surface area contributed by atoms with Gasteiger partial charge in [-0.3, -0.25) is 9.79 Å². The van der Waals surface area contributed by atoms with Gasteiger partial charge in [0.2, 0.25) is 5.91 Å². The highest BCUT2D eigenvalue weighted by atomic mass is 32.1. The van der Waals surface area contributed by atoms with E-state index in [2.05, 4.69) is 10.3 Å². The van der Waals surface area contributed by atoms with Crippen LogP contribution in [0.15, 0.2) is 22.5 Å². The molecule has 1 aromatic rings. The Morgan fingerprint density at radius 3 is 2.57 bits per heavy atom. The number of hydrogen-bond donors (Lipinski definition) is 1. The lowest BCUT2D eigenvalue weighted by molar-refractivity contribution is -0.157. The standard InChI is InChI=1S/C14H21F3N4OS/c1-18-13(20(2)7-6-11-5-4-8-23-11)19-9-12(22)21(3)10-14(15,16)17/h4-5,8H,6-7,9-10H2,1-3H3,(H,18,19). The fourth-order valence-corrected chi connectivity index (χ4v) is 2.57. The van der Waals surface area contributed by atoms with E-state index in [0.29, 0.717) is 17.4 Å². The van der Waals surface area contributed by atoms with Gasteiger partial charge in [-0.05, 0) is 17.9 Å². The molecule has 0 saturated heterocycles. The summed E-state index contributed by atoms with van der Waals surface area (Å²) in [4.78, 5) is 19.4. The summed E-state index contributed by atoms with van der Waals surface area (Å²) in [6, 6.07) is 4.01. The van der Waals surface area contributed by atoms with Gasteiger partial charge in [-0.1, -0.05) is 6.07 Å². The molecule has 0 fully saturated rings. The topological polar surface area (TPSA) is 47.9 Å². The minimum Gasteiger partial charge on any atom is -0.347 e. The maximum absolute atomic E-state index is 12.2. The SMILES string of the molecule is CN=C(NCC(=O)N(C)CC(F)(F)F)N(C)CCc1cccs1. The van der Waals surface area contributed by atoms with Gasteiger partial charge in [0.05, 0.1) is 6.54 Å². The van der Waals surface area contributed by atoms with Crippen LogP contribution in [0, 0.1) is 0 Å². The molecule has 0 aromatic carbocycles. The van der Waals surface area contributed by atoms with Crippen LogP contribution < -0.4 is 5.32 Å². The number of aliphatic imine (C=N–C) groups is 1. The van der Waals surface area contributed by atoms with Crippen molar-refractivity contribution >= 4 is 23.2 Å². The number of carbonyl (C=O) groups excluding carboxylic acids is 1. The summed E-state index contributed by atoms with van der Waals surface area (Å²) >= 11 is 1.66. The number of nitrogens with one attached hydrogen (secondary N) is 1. The minimum absolute atomic E-state index is 0.234. The van der Waals surface area contributed by atoms with E-state index >= 15 is 0 Å². The molecule has 0 aliphatic heterocycles. The molecular weight excluding hydrogens is 329 g/mol. The lowest BCUT2D eigenvalue weighted by atomic mass is 10.3. The van der Waals surface area contributed by atoms with E-state index < -0.39 is 18.6 Å². The van der Waals surface area contributed by atoms with E-state index in [4.69, 9.17) is 0 Å². The molecule has 23 heavy (non-hydrogen) atoms. The predicted molar refractivity (Wildman–Crippen MR) is 85.7 cm³/mol. The van der Waals surface area contributed by atoms with Crippen molar-refractivity contribution in [1.29, 1.82) is 0 Å². The molecule has 0 spiro atoms. The Bertz CT molecular complexity index is 517. The highest BCUT2D eigenvalue weighted by Crippen LogP contribution is 2.15. The molecule has 0 aliphatic rings. The van der Waals surface area contributed by atoms with Crippen molar-refractivity contribution in [3.05, 3.63) is 22.4 Å². The third-order valence-electron chi connectivity index (χ3n) is 3.09. The van der Waals surface area contributed by atoms with Crippen LogP contribution in [-0.4, -0.2) is 68.6 Å². The lowest BCUT2D eigenvalue weighted by Gasteiger charge is -2.23. The highest BCUT2D eigenvalue weighted by Gasteiger charge is 2.31. The first kappa shape index (κ1) is 19.3. The minimum atomic E-state index is -4.40. The number of nitrogens with zero attached hydrogens (tertiary/aromatic N) is 3. The molecule has 9 heteroatoms. The quantitative estimate of drug-likeness (QED) is 0.629. The number of thiophene rings is 1. The number of likely N-dealkylation sites (N-methyl/N-ethyl adjacent to an activating group) is 2. The van der Waals surface area contributed by atoms with Gasteiger partial charge >= 0.3 is 6.18 Å². The molecule has 1 aromatic heterocycles. The van der Waals surface area contributed by atoms with Crippen molar-refractivity contribution < 1.29 is 18.0 Å². The Kier molecular flexibility index (Phi) is 7.34. The molecule has 0 bridgehead atoms. The van der Waals surface area contributed by atoms with Gasteiger partial charge in [-0.2, -0.15) is 13.2 Å². The summed E-state index contributed by atoms with van der Waals surface area (Å²) in [5.74, 6) is -0.176. The summed E-state index contributed by atoms with van der Waals surface area (Å²) in [5, 5.41) is 4.78. The number of halogens is 3. The molecule has 130 valence electrons. The lowest BCUT2D eigenvalue weighted by Crippen LogP contribution is -2.46. The van der Waals surface area contributed by atoms with Crippen molar-refractivity contribution in [1.82, 2.24) is 15.1 Å². The second kappa shape index (κ2) is 8.76. The molecule has 0 unspecified atom stereocenters. The molecule has 1 N–H and O–H groups in total. The van der Waals surface area contributed by atoms with Crippen LogP contribution >= 0.6 is 11.3 Å². The van der Waals surface area contributed by atoms with Crippen LogP contribution in [0.25, 0.3) is 0 Å². The number of amides is 1. The summed E-state index contributed by atoms with van der Waals surface area (Å²) in [7, 11) is 4.50. The normalized spacial score (nSPS) is 12.2. The number of alkyl halides is 3. The fraction of sp³-hybridized carbons (Fsp3) is 0.571. The molecule has 1 rings (SSSR count). The molecule has 1 heterocycles. The molecule has 1 amide bonds. The maximum Gasteiger partial charge on any atom is 0.406 e. The van der Waals surface area contributed by atoms with Gasteiger partial charge in [-0.15, -0.1) is 11.3 Å². The molecule has 0 saturated carbocycles. The summed E-state index contributed by atoms with van der Waals surface area (Å²) in [5.41, 5.74) is 0. The first-order chi connectivity index (χ1) is 10.7. The van der Waals surface area contributed by atoms with Crippen LogP contribution in [0.4, 0.5) is 13.2 Å². The van der Waals surface area contributed by atoms with Gasteiger partial charge in [-0.25, -0.2) is 0 Å². The predicted octanol–water partition coefficient (Wildman–Crippen LogP) is 1.82. The molecule has 5 nitrogen and oxygen atoms in total. The first-order valence-corrected chi connectivity index (χ1v) is 7.86. The average molecular weight is 350 g/mol. The molecular formula is C14H21F3N4OS. The number of carbonyl (C=O) groups is 1. The van der Waals surface area contributed by atoms with E-state index in [1.54, 1.807) is 18.4 Å². The summed E-state index contributed by atoms with van der Waals surface area (Å²) in [6.45, 7) is -0.810. The first-order valence-electron chi connectivity index (χ1n) is 6.98. The van der Waals surface area contributed by atoms with Gasteiger partial charge in [0.25, 0.3) is 0 Å². The third-order valence-corrected chi connectivity index (χ3v) is 4.02. The van der Waals surface area contributed by atoms with Crippen molar-refractivity contribution in [2.75, 3.05) is 40.8 Å². The van der Waals surface area contributed by atoms with E-state index in [0.717, 1.165) is 13.5 Å². The Hall–Kier alpha value is -1.77. The molecule has 0 atom stereocenters.